The summed E-state index contributed by atoms with van der Waals surface area (Å²) in [5.41, 5.74) is 26.5. The van der Waals surface area contributed by atoms with Crippen LogP contribution in [-0.2, 0) is 26.2 Å². The van der Waals surface area contributed by atoms with Gasteiger partial charge in [-0.1, -0.05) is 48.5 Å². The van der Waals surface area contributed by atoms with Gasteiger partial charge in [-0.2, -0.15) is 0 Å². The fourth-order valence-electron chi connectivity index (χ4n) is 1.91. The molecule has 7 heteroatoms. The van der Waals surface area contributed by atoms with Gasteiger partial charge in [-0.05, 0) is 22.3 Å². The minimum absolute atomic E-state index is 0.577. The van der Waals surface area contributed by atoms with E-state index in [1.165, 1.54) is 0 Å². The standard InChI is InChI=1S/2C8H12N2.CH2O3/c2*9-5-7-3-1-2-4-8(7)6-10;2-1(3)4/h2*1-4H,5-6,9-10H2;(H2,2,3,4). The Hall–Kier alpha value is -2.45. The minimum atomic E-state index is -1.83. The van der Waals surface area contributed by atoms with E-state index in [1.807, 2.05) is 48.5 Å². The highest BCUT2D eigenvalue weighted by Crippen LogP contribution is 2.06. The molecule has 7 nitrogen and oxygen atoms in total. The zero-order valence-corrected chi connectivity index (χ0v) is 13.6. The quantitative estimate of drug-likeness (QED) is 0.492. The third kappa shape index (κ3) is 8.86. The highest BCUT2D eigenvalue weighted by atomic mass is 16.6. The number of carboxylic acid groups (broad SMARTS) is 2. The summed E-state index contributed by atoms with van der Waals surface area (Å²) in [6.45, 7) is 2.31. The van der Waals surface area contributed by atoms with E-state index in [2.05, 4.69) is 0 Å². The van der Waals surface area contributed by atoms with Crippen molar-refractivity contribution in [1.29, 1.82) is 0 Å². The van der Waals surface area contributed by atoms with Crippen molar-refractivity contribution in [1.82, 2.24) is 0 Å². The van der Waals surface area contributed by atoms with Crippen molar-refractivity contribution in [3.63, 3.8) is 0 Å². The van der Waals surface area contributed by atoms with E-state index in [9.17, 15) is 0 Å². The molecule has 0 fully saturated rings. The molecule has 10 N–H and O–H groups in total. The van der Waals surface area contributed by atoms with Crippen LogP contribution >= 0.6 is 0 Å². The number of benzene rings is 2. The fourth-order valence-corrected chi connectivity index (χ4v) is 1.91. The number of nitrogens with two attached hydrogens (primary N) is 4. The third-order valence-corrected chi connectivity index (χ3v) is 3.12. The molecule has 0 radical (unpaired) electrons. The molecule has 0 saturated heterocycles. The number of hydrogen-bond acceptors (Lipinski definition) is 5. The summed E-state index contributed by atoms with van der Waals surface area (Å²) in [4.78, 5) is 8.56. The van der Waals surface area contributed by atoms with Crippen molar-refractivity contribution >= 4 is 6.16 Å². The van der Waals surface area contributed by atoms with Crippen molar-refractivity contribution in [2.24, 2.45) is 22.9 Å². The van der Waals surface area contributed by atoms with Crippen molar-refractivity contribution in [2.75, 3.05) is 0 Å². The summed E-state index contributed by atoms with van der Waals surface area (Å²) < 4.78 is 0. The zero-order valence-electron chi connectivity index (χ0n) is 13.6. The third-order valence-electron chi connectivity index (χ3n) is 3.12. The first-order valence-corrected chi connectivity index (χ1v) is 7.35. The van der Waals surface area contributed by atoms with Crippen LogP contribution in [0.15, 0.2) is 48.5 Å². The molecular formula is C17H26N4O3. The Labute approximate surface area is 141 Å². The summed E-state index contributed by atoms with van der Waals surface area (Å²) in [7, 11) is 0. The van der Waals surface area contributed by atoms with Crippen LogP contribution in [0.25, 0.3) is 0 Å². The monoisotopic (exact) mass is 334 g/mol. The highest BCUT2D eigenvalue weighted by Gasteiger charge is 1.95. The maximum Gasteiger partial charge on any atom is 0.503 e. The average molecular weight is 334 g/mol. The first-order chi connectivity index (χ1) is 11.5. The lowest BCUT2D eigenvalue weighted by molar-refractivity contribution is 0.137. The summed E-state index contributed by atoms with van der Waals surface area (Å²) in [5, 5.41) is 13.9. The fraction of sp³-hybridized carbons (Fsp3) is 0.235. The van der Waals surface area contributed by atoms with E-state index >= 15 is 0 Å². The zero-order chi connectivity index (χ0) is 18.4. The topological polar surface area (TPSA) is 162 Å². The lowest BCUT2D eigenvalue weighted by atomic mass is 10.1. The molecule has 2 rings (SSSR count). The van der Waals surface area contributed by atoms with Crippen LogP contribution in [0.5, 0.6) is 0 Å². The Balaban J connectivity index is 0.000000363. The van der Waals surface area contributed by atoms with Gasteiger partial charge in [0.1, 0.15) is 0 Å². The van der Waals surface area contributed by atoms with Crippen LogP contribution in [0, 0.1) is 0 Å². The molecule has 0 aromatic heterocycles. The molecule has 0 atom stereocenters. The smallest absolute Gasteiger partial charge is 0.450 e. The second-order valence-corrected chi connectivity index (χ2v) is 4.64. The second-order valence-electron chi connectivity index (χ2n) is 4.64. The van der Waals surface area contributed by atoms with Crippen LogP contribution in [0.4, 0.5) is 4.79 Å². The van der Waals surface area contributed by atoms with E-state index in [0.717, 1.165) is 22.3 Å². The molecule has 0 heterocycles. The molecule has 0 saturated carbocycles. The van der Waals surface area contributed by atoms with E-state index in [0.29, 0.717) is 26.2 Å². The summed E-state index contributed by atoms with van der Waals surface area (Å²) in [6, 6.07) is 15.9. The van der Waals surface area contributed by atoms with Crippen LogP contribution < -0.4 is 22.9 Å². The Morgan fingerprint density at radius 2 is 0.792 bits per heavy atom. The molecule has 0 aliphatic carbocycles. The summed E-state index contributed by atoms with van der Waals surface area (Å²) in [5.74, 6) is 0. The molecule has 0 aliphatic heterocycles. The number of carbonyl (C=O) groups is 1. The van der Waals surface area contributed by atoms with Crippen LogP contribution in [0.2, 0.25) is 0 Å². The van der Waals surface area contributed by atoms with Gasteiger partial charge in [-0.25, -0.2) is 4.79 Å². The van der Waals surface area contributed by atoms with Gasteiger partial charge in [0, 0.05) is 26.2 Å². The molecule has 0 spiro atoms. The minimum Gasteiger partial charge on any atom is -0.450 e. The first kappa shape index (κ1) is 21.6. The predicted octanol–water partition coefficient (Wildman–Crippen LogP) is 1.43. The predicted molar refractivity (Wildman–Crippen MR) is 95.1 cm³/mol. The van der Waals surface area contributed by atoms with Gasteiger partial charge in [0.2, 0.25) is 0 Å². The molecule has 0 bridgehead atoms. The van der Waals surface area contributed by atoms with Gasteiger partial charge in [-0.3, -0.25) is 0 Å². The van der Waals surface area contributed by atoms with Crippen molar-refractivity contribution in [3.8, 4) is 0 Å². The van der Waals surface area contributed by atoms with Gasteiger partial charge in [0.15, 0.2) is 0 Å². The van der Waals surface area contributed by atoms with E-state index < -0.39 is 6.16 Å². The molecule has 0 aliphatic rings. The van der Waals surface area contributed by atoms with E-state index in [4.69, 9.17) is 37.9 Å². The van der Waals surface area contributed by atoms with Gasteiger partial charge >= 0.3 is 6.16 Å². The molecule has 2 aromatic carbocycles. The molecule has 2 aromatic rings. The van der Waals surface area contributed by atoms with Gasteiger partial charge in [0.25, 0.3) is 0 Å². The van der Waals surface area contributed by atoms with Crippen molar-refractivity contribution in [3.05, 3.63) is 70.8 Å². The Morgan fingerprint density at radius 3 is 0.917 bits per heavy atom. The number of hydrogen-bond donors (Lipinski definition) is 6. The molecule has 0 unspecified atom stereocenters. The highest BCUT2D eigenvalue weighted by molar-refractivity contribution is 5.53. The average Bonchev–Trinajstić information content (AvgIpc) is 2.61. The normalized spacial score (nSPS) is 9.17. The Kier molecular flexibility index (Phi) is 11.7. The van der Waals surface area contributed by atoms with E-state index in [-0.39, 0.29) is 0 Å². The maximum absolute atomic E-state index is 8.56. The molecule has 0 amide bonds. The van der Waals surface area contributed by atoms with Gasteiger partial charge in [-0.15, -0.1) is 0 Å². The summed E-state index contributed by atoms with van der Waals surface area (Å²) in [6.07, 6.45) is -1.83. The van der Waals surface area contributed by atoms with Crippen LogP contribution in [0.3, 0.4) is 0 Å². The largest absolute Gasteiger partial charge is 0.503 e. The Morgan fingerprint density at radius 1 is 0.625 bits per heavy atom. The molecule has 132 valence electrons. The lowest BCUT2D eigenvalue weighted by Gasteiger charge is -2.02. The number of rotatable bonds is 4. The molecule has 24 heavy (non-hydrogen) atoms. The van der Waals surface area contributed by atoms with Crippen molar-refractivity contribution < 1.29 is 15.0 Å². The van der Waals surface area contributed by atoms with Crippen molar-refractivity contribution in [2.45, 2.75) is 26.2 Å². The molecular weight excluding hydrogens is 308 g/mol. The second kappa shape index (κ2) is 13.0. The van der Waals surface area contributed by atoms with E-state index in [1.54, 1.807) is 0 Å². The summed E-state index contributed by atoms with van der Waals surface area (Å²) >= 11 is 0. The van der Waals surface area contributed by atoms with Gasteiger partial charge < -0.3 is 33.1 Å². The maximum atomic E-state index is 8.56. The van der Waals surface area contributed by atoms with Crippen LogP contribution in [0.1, 0.15) is 22.3 Å². The van der Waals surface area contributed by atoms with Crippen LogP contribution in [-0.4, -0.2) is 16.4 Å². The first-order valence-electron chi connectivity index (χ1n) is 7.35. The Bertz CT molecular complexity index is 508. The SMILES string of the molecule is NCc1ccccc1CN.NCc1ccccc1CN.O=C(O)O. The van der Waals surface area contributed by atoms with Gasteiger partial charge in [0.05, 0.1) is 0 Å². The lowest BCUT2D eigenvalue weighted by Crippen LogP contribution is -2.05.